The average molecular weight is 271 g/mol. The predicted octanol–water partition coefficient (Wildman–Crippen LogP) is 0.627. The zero-order valence-corrected chi connectivity index (χ0v) is 11.8. The Hall–Kier alpha value is -1.67. The molecule has 0 atom stereocenters. The molecular formula is C11H21N5O3. The average Bonchev–Trinajstić information content (AvgIpc) is 2.61. The maximum atomic E-state index is 11.0. The van der Waals surface area contributed by atoms with E-state index >= 15 is 0 Å². The molecule has 0 aliphatic heterocycles. The van der Waals surface area contributed by atoms with Gasteiger partial charge in [-0.2, -0.15) is 5.10 Å². The van der Waals surface area contributed by atoms with E-state index in [1.165, 1.54) is 4.68 Å². The topological polar surface area (TPSA) is 85.5 Å². The van der Waals surface area contributed by atoms with Crippen molar-refractivity contribution in [1.29, 1.82) is 0 Å². The van der Waals surface area contributed by atoms with E-state index < -0.39 is 4.92 Å². The lowest BCUT2D eigenvalue weighted by Crippen LogP contribution is -2.28. The number of nitrogens with zero attached hydrogens (tertiary/aromatic N) is 4. The maximum Gasteiger partial charge on any atom is 0.333 e. The molecule has 8 nitrogen and oxygen atoms in total. The van der Waals surface area contributed by atoms with Crippen molar-refractivity contribution in [2.45, 2.75) is 6.92 Å². The molecule has 1 heterocycles. The van der Waals surface area contributed by atoms with E-state index in [0.717, 1.165) is 13.1 Å². The molecule has 0 amide bonds. The Morgan fingerprint density at radius 2 is 2.21 bits per heavy atom. The summed E-state index contributed by atoms with van der Waals surface area (Å²) in [5.74, 6) is 0.447. The largest absolute Gasteiger partial charge is 0.383 e. The van der Waals surface area contributed by atoms with Crippen molar-refractivity contribution in [3.05, 3.63) is 15.8 Å². The lowest BCUT2D eigenvalue weighted by molar-refractivity contribution is -0.384. The molecule has 0 aliphatic carbocycles. The van der Waals surface area contributed by atoms with Crippen LogP contribution >= 0.6 is 0 Å². The molecule has 0 spiro atoms. The summed E-state index contributed by atoms with van der Waals surface area (Å²) in [6.45, 7) is 4.50. The Bertz CT molecular complexity index is 432. The van der Waals surface area contributed by atoms with Gasteiger partial charge in [0.15, 0.2) is 0 Å². The molecule has 0 unspecified atom stereocenters. The summed E-state index contributed by atoms with van der Waals surface area (Å²) in [6.07, 6.45) is 0. The molecule has 0 aliphatic rings. The SMILES string of the molecule is COCCN(C)CCNc1c([N+](=O)[O-])c(C)nn1C. The van der Waals surface area contributed by atoms with Crippen LogP contribution in [0.2, 0.25) is 0 Å². The van der Waals surface area contributed by atoms with Crippen molar-refractivity contribution in [2.75, 3.05) is 45.7 Å². The van der Waals surface area contributed by atoms with E-state index in [4.69, 9.17) is 4.74 Å². The Balaban J connectivity index is 2.56. The van der Waals surface area contributed by atoms with E-state index in [1.54, 1.807) is 21.1 Å². The fourth-order valence-corrected chi connectivity index (χ4v) is 1.79. The molecule has 0 saturated heterocycles. The van der Waals surface area contributed by atoms with Crippen molar-refractivity contribution in [3.8, 4) is 0 Å². The van der Waals surface area contributed by atoms with Gasteiger partial charge in [0.1, 0.15) is 5.69 Å². The van der Waals surface area contributed by atoms with Gasteiger partial charge in [0, 0.05) is 33.8 Å². The Kier molecular flexibility index (Phi) is 5.71. The molecular weight excluding hydrogens is 250 g/mol. The molecule has 0 aromatic carbocycles. The first-order valence-electron chi connectivity index (χ1n) is 6.06. The standard InChI is InChI=1S/C11H21N5O3/c1-9-10(16(17)18)11(15(3)13-9)12-5-6-14(2)7-8-19-4/h12H,5-8H2,1-4H3. The second-order valence-corrected chi connectivity index (χ2v) is 4.39. The normalized spacial score (nSPS) is 11.0. The summed E-state index contributed by atoms with van der Waals surface area (Å²) < 4.78 is 6.49. The summed E-state index contributed by atoms with van der Waals surface area (Å²) in [6, 6.07) is 0. The summed E-state index contributed by atoms with van der Waals surface area (Å²) in [4.78, 5) is 12.7. The van der Waals surface area contributed by atoms with Crippen LogP contribution < -0.4 is 5.32 Å². The van der Waals surface area contributed by atoms with Gasteiger partial charge in [0.25, 0.3) is 0 Å². The first kappa shape index (κ1) is 15.4. The van der Waals surface area contributed by atoms with Gasteiger partial charge < -0.3 is 15.0 Å². The minimum absolute atomic E-state index is 0.0436. The molecule has 108 valence electrons. The van der Waals surface area contributed by atoms with E-state index in [-0.39, 0.29) is 5.69 Å². The first-order valence-corrected chi connectivity index (χ1v) is 6.06. The van der Waals surface area contributed by atoms with Crippen molar-refractivity contribution < 1.29 is 9.66 Å². The minimum atomic E-state index is -0.403. The molecule has 1 aromatic rings. The van der Waals surface area contributed by atoms with Gasteiger partial charge in [-0.15, -0.1) is 0 Å². The molecule has 0 saturated carbocycles. The molecule has 8 heteroatoms. The highest BCUT2D eigenvalue weighted by Crippen LogP contribution is 2.26. The number of aryl methyl sites for hydroxylation is 2. The molecule has 0 fully saturated rings. The third-order valence-electron chi connectivity index (χ3n) is 2.84. The van der Waals surface area contributed by atoms with Crippen LogP contribution in [0.3, 0.4) is 0 Å². The Morgan fingerprint density at radius 3 is 2.79 bits per heavy atom. The summed E-state index contributed by atoms with van der Waals surface area (Å²) >= 11 is 0. The second kappa shape index (κ2) is 7.05. The number of nitrogens with one attached hydrogen (secondary N) is 1. The second-order valence-electron chi connectivity index (χ2n) is 4.39. The molecule has 1 aromatic heterocycles. The Morgan fingerprint density at radius 1 is 1.53 bits per heavy atom. The van der Waals surface area contributed by atoms with E-state index in [2.05, 4.69) is 15.3 Å². The van der Waals surface area contributed by atoms with Crippen LogP contribution in [0.25, 0.3) is 0 Å². The highest BCUT2D eigenvalue weighted by atomic mass is 16.6. The van der Waals surface area contributed by atoms with Gasteiger partial charge in [-0.25, -0.2) is 4.68 Å². The van der Waals surface area contributed by atoms with E-state index in [9.17, 15) is 10.1 Å². The van der Waals surface area contributed by atoms with Gasteiger partial charge in [0.05, 0.1) is 11.5 Å². The van der Waals surface area contributed by atoms with Crippen molar-refractivity contribution in [3.63, 3.8) is 0 Å². The number of aromatic nitrogens is 2. The number of ether oxygens (including phenoxy) is 1. The minimum Gasteiger partial charge on any atom is -0.383 e. The highest BCUT2D eigenvalue weighted by molar-refractivity contribution is 5.59. The first-order chi connectivity index (χ1) is 8.97. The van der Waals surface area contributed by atoms with Gasteiger partial charge in [-0.05, 0) is 14.0 Å². The van der Waals surface area contributed by atoms with E-state index in [0.29, 0.717) is 24.7 Å². The zero-order chi connectivity index (χ0) is 14.4. The predicted molar refractivity (Wildman–Crippen MR) is 72.5 cm³/mol. The smallest absolute Gasteiger partial charge is 0.333 e. The number of rotatable bonds is 8. The number of hydrogen-bond donors (Lipinski definition) is 1. The molecule has 0 bridgehead atoms. The third kappa shape index (κ3) is 4.18. The number of anilines is 1. The van der Waals surface area contributed by atoms with Gasteiger partial charge in [-0.1, -0.05) is 0 Å². The molecule has 0 radical (unpaired) electrons. The maximum absolute atomic E-state index is 11.0. The van der Waals surface area contributed by atoms with Gasteiger partial charge in [-0.3, -0.25) is 10.1 Å². The fraction of sp³-hybridized carbons (Fsp3) is 0.727. The van der Waals surface area contributed by atoms with E-state index in [1.807, 2.05) is 7.05 Å². The number of nitro groups is 1. The highest BCUT2D eigenvalue weighted by Gasteiger charge is 2.23. The molecule has 1 N–H and O–H groups in total. The van der Waals surface area contributed by atoms with Crippen molar-refractivity contribution in [2.24, 2.45) is 7.05 Å². The number of methoxy groups -OCH3 is 1. The van der Waals surface area contributed by atoms with Crippen LogP contribution in [-0.2, 0) is 11.8 Å². The quantitative estimate of drug-likeness (QED) is 0.551. The van der Waals surface area contributed by atoms with Crippen LogP contribution in [-0.4, -0.2) is 60.0 Å². The van der Waals surface area contributed by atoms with Crippen molar-refractivity contribution >= 4 is 11.5 Å². The lowest BCUT2D eigenvalue weighted by Gasteiger charge is -2.16. The summed E-state index contributed by atoms with van der Waals surface area (Å²) in [5.41, 5.74) is 0.463. The van der Waals surface area contributed by atoms with Crippen LogP contribution in [0.15, 0.2) is 0 Å². The molecule has 1 rings (SSSR count). The van der Waals surface area contributed by atoms with Crippen LogP contribution in [0.1, 0.15) is 5.69 Å². The third-order valence-corrected chi connectivity index (χ3v) is 2.84. The summed E-state index contributed by atoms with van der Waals surface area (Å²) in [5, 5.41) is 18.1. The van der Waals surface area contributed by atoms with Gasteiger partial charge in [0.2, 0.25) is 5.82 Å². The zero-order valence-electron chi connectivity index (χ0n) is 11.8. The van der Waals surface area contributed by atoms with Crippen LogP contribution in [0.4, 0.5) is 11.5 Å². The molecule has 19 heavy (non-hydrogen) atoms. The van der Waals surface area contributed by atoms with Crippen molar-refractivity contribution in [1.82, 2.24) is 14.7 Å². The fourth-order valence-electron chi connectivity index (χ4n) is 1.79. The summed E-state index contributed by atoms with van der Waals surface area (Å²) in [7, 11) is 5.33. The van der Waals surface area contributed by atoms with Crippen LogP contribution in [0, 0.1) is 17.0 Å². The number of hydrogen-bond acceptors (Lipinski definition) is 6. The monoisotopic (exact) mass is 271 g/mol. The number of likely N-dealkylation sites (N-methyl/N-ethyl adjacent to an activating group) is 1. The van der Waals surface area contributed by atoms with Gasteiger partial charge >= 0.3 is 5.69 Å². The van der Waals surface area contributed by atoms with Crippen LogP contribution in [0.5, 0.6) is 0 Å². The Labute approximate surface area is 112 Å². The lowest BCUT2D eigenvalue weighted by atomic mass is 10.4.